The van der Waals surface area contributed by atoms with E-state index in [0.29, 0.717) is 11.6 Å². The van der Waals surface area contributed by atoms with Crippen LogP contribution in [0.15, 0.2) is 36.5 Å². The van der Waals surface area contributed by atoms with Crippen molar-refractivity contribution in [3.05, 3.63) is 53.6 Å². The van der Waals surface area contributed by atoms with E-state index in [-0.39, 0.29) is 18.0 Å². The molecule has 2 aromatic rings. The van der Waals surface area contributed by atoms with Crippen LogP contribution in [0.2, 0.25) is 0 Å². The summed E-state index contributed by atoms with van der Waals surface area (Å²) in [5, 5.41) is 4.46. The molecule has 0 spiro atoms. The van der Waals surface area contributed by atoms with Gasteiger partial charge in [-0.2, -0.15) is 5.10 Å². The standard InChI is InChI=1S/C16H19FN2O/c1-3-15(4-2)19-10-9-14(18-19)11-16(20)12-5-7-13(17)8-6-12/h5-10,15H,3-4,11H2,1-2H3. The summed E-state index contributed by atoms with van der Waals surface area (Å²) in [5.74, 6) is -0.376. The molecule has 0 radical (unpaired) electrons. The first-order chi connectivity index (χ1) is 9.63. The molecule has 20 heavy (non-hydrogen) atoms. The van der Waals surface area contributed by atoms with Crippen molar-refractivity contribution in [2.24, 2.45) is 0 Å². The fourth-order valence-electron chi connectivity index (χ4n) is 2.24. The highest BCUT2D eigenvalue weighted by Crippen LogP contribution is 2.15. The van der Waals surface area contributed by atoms with Crippen LogP contribution < -0.4 is 0 Å². The fraction of sp³-hybridized carbons (Fsp3) is 0.375. The molecule has 1 aromatic carbocycles. The van der Waals surface area contributed by atoms with Gasteiger partial charge in [-0.1, -0.05) is 13.8 Å². The third-order valence-electron chi connectivity index (χ3n) is 3.49. The number of hydrogen-bond donors (Lipinski definition) is 0. The van der Waals surface area contributed by atoms with E-state index in [1.165, 1.54) is 24.3 Å². The summed E-state index contributed by atoms with van der Waals surface area (Å²) < 4.78 is 14.7. The summed E-state index contributed by atoms with van der Waals surface area (Å²) in [6.07, 6.45) is 4.21. The van der Waals surface area contributed by atoms with Crippen molar-refractivity contribution in [2.75, 3.05) is 0 Å². The van der Waals surface area contributed by atoms with Gasteiger partial charge in [-0.15, -0.1) is 0 Å². The van der Waals surface area contributed by atoms with E-state index in [2.05, 4.69) is 18.9 Å². The summed E-state index contributed by atoms with van der Waals surface area (Å²) in [6, 6.07) is 7.88. The van der Waals surface area contributed by atoms with E-state index >= 15 is 0 Å². The zero-order valence-electron chi connectivity index (χ0n) is 11.8. The molecule has 0 aliphatic rings. The Morgan fingerprint density at radius 3 is 2.45 bits per heavy atom. The van der Waals surface area contributed by atoms with Crippen molar-refractivity contribution in [1.82, 2.24) is 9.78 Å². The topological polar surface area (TPSA) is 34.9 Å². The maximum Gasteiger partial charge on any atom is 0.168 e. The lowest BCUT2D eigenvalue weighted by Crippen LogP contribution is -2.09. The van der Waals surface area contributed by atoms with Gasteiger partial charge in [0.15, 0.2) is 5.78 Å². The largest absolute Gasteiger partial charge is 0.294 e. The van der Waals surface area contributed by atoms with Crippen LogP contribution in [0.25, 0.3) is 0 Å². The van der Waals surface area contributed by atoms with Gasteiger partial charge in [0.2, 0.25) is 0 Å². The maximum absolute atomic E-state index is 12.8. The Bertz CT molecular complexity index is 570. The predicted molar refractivity (Wildman–Crippen MR) is 76.3 cm³/mol. The predicted octanol–water partition coefficient (Wildman–Crippen LogP) is 3.81. The van der Waals surface area contributed by atoms with Crippen LogP contribution in [0, 0.1) is 5.82 Å². The van der Waals surface area contributed by atoms with Crippen molar-refractivity contribution >= 4 is 5.78 Å². The molecule has 0 amide bonds. The molecule has 0 unspecified atom stereocenters. The molecule has 2 rings (SSSR count). The van der Waals surface area contributed by atoms with Gasteiger partial charge >= 0.3 is 0 Å². The molecule has 4 heteroatoms. The van der Waals surface area contributed by atoms with Crippen LogP contribution in [0.4, 0.5) is 4.39 Å². The van der Waals surface area contributed by atoms with E-state index in [9.17, 15) is 9.18 Å². The minimum absolute atomic E-state index is 0.0419. The average molecular weight is 274 g/mol. The van der Waals surface area contributed by atoms with E-state index < -0.39 is 0 Å². The Morgan fingerprint density at radius 1 is 1.20 bits per heavy atom. The summed E-state index contributed by atoms with van der Waals surface area (Å²) in [7, 11) is 0. The minimum atomic E-state index is -0.334. The first kappa shape index (κ1) is 14.4. The average Bonchev–Trinajstić information content (AvgIpc) is 2.89. The summed E-state index contributed by atoms with van der Waals surface area (Å²) in [6.45, 7) is 4.25. The van der Waals surface area contributed by atoms with Crippen molar-refractivity contribution in [2.45, 2.75) is 39.2 Å². The van der Waals surface area contributed by atoms with Crippen molar-refractivity contribution in [1.29, 1.82) is 0 Å². The van der Waals surface area contributed by atoms with Crippen molar-refractivity contribution < 1.29 is 9.18 Å². The molecule has 0 bridgehead atoms. The second-order valence-corrected chi connectivity index (χ2v) is 4.86. The third kappa shape index (κ3) is 3.32. The maximum atomic E-state index is 12.8. The molecule has 0 aliphatic carbocycles. The van der Waals surface area contributed by atoms with Gasteiger partial charge in [0, 0.05) is 11.8 Å². The van der Waals surface area contributed by atoms with Crippen molar-refractivity contribution in [3.8, 4) is 0 Å². The monoisotopic (exact) mass is 274 g/mol. The van der Waals surface area contributed by atoms with Crippen LogP contribution in [0.3, 0.4) is 0 Å². The second-order valence-electron chi connectivity index (χ2n) is 4.86. The van der Waals surface area contributed by atoms with Crippen LogP contribution in [0.1, 0.15) is 48.8 Å². The number of rotatable bonds is 6. The molecule has 0 saturated carbocycles. The first-order valence-electron chi connectivity index (χ1n) is 6.96. The highest BCUT2D eigenvalue weighted by atomic mass is 19.1. The molecule has 3 nitrogen and oxygen atoms in total. The quantitative estimate of drug-likeness (QED) is 0.751. The molecule has 0 aliphatic heterocycles. The van der Waals surface area contributed by atoms with Gasteiger partial charge in [0.1, 0.15) is 5.82 Å². The Balaban J connectivity index is 2.06. The minimum Gasteiger partial charge on any atom is -0.294 e. The molecule has 0 fully saturated rings. The van der Waals surface area contributed by atoms with Gasteiger partial charge in [0.05, 0.1) is 18.2 Å². The van der Waals surface area contributed by atoms with Gasteiger partial charge < -0.3 is 0 Å². The highest BCUT2D eigenvalue weighted by Gasteiger charge is 2.12. The number of carbonyl (C=O) groups is 1. The van der Waals surface area contributed by atoms with Crippen molar-refractivity contribution in [3.63, 3.8) is 0 Å². The SMILES string of the molecule is CCC(CC)n1ccc(CC(=O)c2ccc(F)cc2)n1. The van der Waals surface area contributed by atoms with E-state index in [1.807, 2.05) is 16.9 Å². The normalized spacial score (nSPS) is 11.0. The lowest BCUT2D eigenvalue weighted by Gasteiger charge is -2.12. The Morgan fingerprint density at radius 2 is 1.85 bits per heavy atom. The summed E-state index contributed by atoms with van der Waals surface area (Å²) in [4.78, 5) is 12.1. The number of aromatic nitrogens is 2. The third-order valence-corrected chi connectivity index (χ3v) is 3.49. The number of nitrogens with zero attached hydrogens (tertiary/aromatic N) is 2. The molecular weight excluding hydrogens is 255 g/mol. The lowest BCUT2D eigenvalue weighted by molar-refractivity contribution is 0.0991. The highest BCUT2D eigenvalue weighted by molar-refractivity contribution is 5.97. The van der Waals surface area contributed by atoms with E-state index in [1.54, 1.807) is 0 Å². The molecule has 1 aromatic heterocycles. The molecule has 0 atom stereocenters. The van der Waals surface area contributed by atoms with Crippen LogP contribution >= 0.6 is 0 Å². The Hall–Kier alpha value is -1.97. The number of halogens is 1. The Kier molecular flexibility index (Phi) is 4.66. The fourth-order valence-corrected chi connectivity index (χ4v) is 2.24. The number of Topliss-reactive ketones (excluding diaryl/α,β-unsaturated/α-hetero) is 1. The smallest absolute Gasteiger partial charge is 0.168 e. The van der Waals surface area contributed by atoms with Gasteiger partial charge in [-0.3, -0.25) is 9.48 Å². The second kappa shape index (κ2) is 6.46. The zero-order valence-corrected chi connectivity index (χ0v) is 11.8. The molecule has 1 heterocycles. The number of hydrogen-bond acceptors (Lipinski definition) is 2. The Labute approximate surface area is 118 Å². The summed E-state index contributed by atoms with van der Waals surface area (Å²) in [5.41, 5.74) is 1.27. The number of carbonyl (C=O) groups excluding carboxylic acids is 1. The van der Waals surface area contributed by atoms with Crippen LogP contribution in [-0.4, -0.2) is 15.6 Å². The van der Waals surface area contributed by atoms with E-state index in [4.69, 9.17) is 0 Å². The molecular formula is C16H19FN2O. The van der Waals surface area contributed by atoms with Gasteiger partial charge in [-0.25, -0.2) is 4.39 Å². The summed E-state index contributed by atoms with van der Waals surface area (Å²) >= 11 is 0. The molecule has 106 valence electrons. The number of ketones is 1. The molecule has 0 saturated heterocycles. The molecule has 0 N–H and O–H groups in total. The zero-order chi connectivity index (χ0) is 14.5. The van der Waals surface area contributed by atoms with Crippen LogP contribution in [-0.2, 0) is 6.42 Å². The number of benzene rings is 1. The van der Waals surface area contributed by atoms with Gasteiger partial charge in [-0.05, 0) is 43.2 Å². The first-order valence-corrected chi connectivity index (χ1v) is 6.96. The van der Waals surface area contributed by atoms with Crippen LogP contribution in [0.5, 0.6) is 0 Å². The van der Waals surface area contributed by atoms with E-state index in [0.717, 1.165) is 18.5 Å². The van der Waals surface area contributed by atoms with Gasteiger partial charge in [0.25, 0.3) is 0 Å². The lowest BCUT2D eigenvalue weighted by atomic mass is 10.1.